The van der Waals surface area contributed by atoms with Crippen molar-refractivity contribution in [2.45, 2.75) is 57.7 Å². The SMILES string of the molecule is C=CC1(N)CC2(CCNC2)CC1CCC[B]C.CC#N. The number of rotatable bonds is 5. The summed E-state index contributed by atoms with van der Waals surface area (Å²) in [5.41, 5.74) is 6.95. The minimum atomic E-state index is -0.111. The lowest BCUT2D eigenvalue weighted by molar-refractivity contribution is 0.314. The summed E-state index contributed by atoms with van der Waals surface area (Å²) in [6.45, 7) is 9.90. The molecule has 20 heavy (non-hydrogen) atoms. The zero-order chi connectivity index (χ0) is 15.1. The molecule has 0 aromatic carbocycles. The minimum absolute atomic E-state index is 0.111. The van der Waals surface area contributed by atoms with Crippen LogP contribution < -0.4 is 11.1 Å². The van der Waals surface area contributed by atoms with E-state index in [0.717, 1.165) is 13.0 Å². The highest BCUT2D eigenvalue weighted by Gasteiger charge is 2.51. The van der Waals surface area contributed by atoms with Crippen molar-refractivity contribution in [3.63, 3.8) is 0 Å². The maximum Gasteiger partial charge on any atom is 0.105 e. The second kappa shape index (κ2) is 7.85. The van der Waals surface area contributed by atoms with Crippen LogP contribution in [0.4, 0.5) is 0 Å². The Hall–Kier alpha value is -0.785. The molecule has 1 spiro atoms. The summed E-state index contributed by atoms with van der Waals surface area (Å²) in [5.74, 6) is 0.639. The molecule has 0 aromatic rings. The summed E-state index contributed by atoms with van der Waals surface area (Å²) >= 11 is 0. The topological polar surface area (TPSA) is 61.8 Å². The van der Waals surface area contributed by atoms with E-state index in [1.807, 2.05) is 6.08 Å². The third-order valence-corrected chi connectivity index (χ3v) is 4.88. The van der Waals surface area contributed by atoms with Crippen molar-refractivity contribution in [3.05, 3.63) is 12.7 Å². The molecule has 0 amide bonds. The molecule has 3 nitrogen and oxygen atoms in total. The standard InChI is InChI=1S/C14H26BN2.C2H3N/c1-3-14(16)10-13(6-8-17-11-13)9-12(14)5-4-7-15-2;1-2-3/h3,12,17H,1,4-11,16H2,2H3;1H3. The number of nitrogens with zero attached hydrogens (tertiary/aromatic N) is 1. The van der Waals surface area contributed by atoms with E-state index in [1.165, 1.54) is 45.5 Å². The molecule has 2 aliphatic rings. The zero-order valence-electron chi connectivity index (χ0n) is 13.1. The van der Waals surface area contributed by atoms with Gasteiger partial charge in [-0.05, 0) is 43.6 Å². The van der Waals surface area contributed by atoms with Crippen molar-refractivity contribution in [1.29, 1.82) is 5.26 Å². The van der Waals surface area contributed by atoms with Crippen LogP contribution in [-0.2, 0) is 0 Å². The first-order valence-electron chi connectivity index (χ1n) is 7.77. The molecule has 1 radical (unpaired) electrons. The molecular formula is C16H29BN3. The Balaban J connectivity index is 0.000000612. The number of hydrogen-bond acceptors (Lipinski definition) is 3. The molecule has 2 fully saturated rings. The van der Waals surface area contributed by atoms with Gasteiger partial charge in [0.2, 0.25) is 0 Å². The van der Waals surface area contributed by atoms with Crippen LogP contribution in [0.5, 0.6) is 0 Å². The van der Waals surface area contributed by atoms with Crippen LogP contribution in [-0.4, -0.2) is 25.9 Å². The Bertz CT molecular complexity index is 344. The highest BCUT2D eigenvalue weighted by atomic mass is 14.9. The average molecular weight is 274 g/mol. The molecule has 4 heteroatoms. The first-order chi connectivity index (χ1) is 9.55. The van der Waals surface area contributed by atoms with E-state index in [-0.39, 0.29) is 5.54 Å². The summed E-state index contributed by atoms with van der Waals surface area (Å²) in [4.78, 5) is 0. The summed E-state index contributed by atoms with van der Waals surface area (Å²) < 4.78 is 0. The quantitative estimate of drug-likeness (QED) is 0.460. The maximum absolute atomic E-state index is 7.32. The van der Waals surface area contributed by atoms with Crippen molar-refractivity contribution >= 4 is 7.28 Å². The molecular weight excluding hydrogens is 245 g/mol. The van der Waals surface area contributed by atoms with Gasteiger partial charge in [-0.25, -0.2) is 0 Å². The Morgan fingerprint density at radius 3 is 2.80 bits per heavy atom. The third kappa shape index (κ3) is 4.10. The zero-order valence-corrected chi connectivity index (χ0v) is 13.1. The van der Waals surface area contributed by atoms with Crippen LogP contribution in [0.1, 0.15) is 39.0 Å². The molecule has 1 aliphatic heterocycles. The van der Waals surface area contributed by atoms with Gasteiger partial charge in [0.1, 0.15) is 7.28 Å². The monoisotopic (exact) mass is 274 g/mol. The summed E-state index contributed by atoms with van der Waals surface area (Å²) in [6, 6.07) is 1.75. The van der Waals surface area contributed by atoms with E-state index in [9.17, 15) is 0 Å². The van der Waals surface area contributed by atoms with Crippen LogP contribution >= 0.6 is 0 Å². The lowest BCUT2D eigenvalue weighted by Gasteiger charge is -2.28. The fourth-order valence-corrected chi connectivity index (χ4v) is 3.88. The molecule has 3 N–H and O–H groups in total. The van der Waals surface area contributed by atoms with Crippen molar-refractivity contribution in [1.82, 2.24) is 5.32 Å². The van der Waals surface area contributed by atoms with Crippen molar-refractivity contribution in [2.24, 2.45) is 17.1 Å². The van der Waals surface area contributed by atoms with Crippen LogP contribution in [0.2, 0.25) is 13.1 Å². The highest BCUT2D eigenvalue weighted by Crippen LogP contribution is 2.52. The molecule has 111 valence electrons. The lowest BCUT2D eigenvalue weighted by atomic mass is 9.74. The summed E-state index contributed by atoms with van der Waals surface area (Å²) in [6.07, 6.45) is 9.51. The lowest BCUT2D eigenvalue weighted by Crippen LogP contribution is -2.41. The minimum Gasteiger partial charge on any atom is -0.322 e. The van der Waals surface area contributed by atoms with E-state index in [0.29, 0.717) is 11.3 Å². The number of nitrogens with two attached hydrogens (primary N) is 1. The van der Waals surface area contributed by atoms with Crippen molar-refractivity contribution < 1.29 is 0 Å². The van der Waals surface area contributed by atoms with Crippen molar-refractivity contribution in [3.8, 4) is 6.07 Å². The average Bonchev–Trinajstić information content (AvgIpc) is 2.97. The van der Waals surface area contributed by atoms with Gasteiger partial charge in [-0.1, -0.05) is 25.6 Å². The van der Waals surface area contributed by atoms with Gasteiger partial charge in [-0.3, -0.25) is 0 Å². The number of hydrogen-bond donors (Lipinski definition) is 2. The van der Waals surface area contributed by atoms with Crippen LogP contribution in [0, 0.1) is 22.7 Å². The largest absolute Gasteiger partial charge is 0.322 e. The fraction of sp³-hybridized carbons (Fsp3) is 0.812. The molecule has 2 rings (SSSR count). The first kappa shape index (κ1) is 17.3. The maximum atomic E-state index is 7.32. The Morgan fingerprint density at radius 2 is 2.30 bits per heavy atom. The van der Waals surface area contributed by atoms with Crippen LogP contribution in [0.15, 0.2) is 12.7 Å². The first-order valence-corrected chi connectivity index (χ1v) is 7.77. The van der Waals surface area contributed by atoms with Crippen LogP contribution in [0.3, 0.4) is 0 Å². The number of nitriles is 1. The molecule has 0 aromatic heterocycles. The fourth-order valence-electron chi connectivity index (χ4n) is 3.88. The summed E-state index contributed by atoms with van der Waals surface area (Å²) in [5, 5.41) is 10.8. The normalized spacial score (nSPS) is 35.2. The van der Waals surface area contributed by atoms with Gasteiger partial charge in [0, 0.05) is 19.0 Å². The van der Waals surface area contributed by atoms with Gasteiger partial charge in [0.05, 0.1) is 6.07 Å². The van der Waals surface area contributed by atoms with Gasteiger partial charge in [-0.15, -0.1) is 6.58 Å². The molecule has 1 saturated carbocycles. The van der Waals surface area contributed by atoms with Gasteiger partial charge < -0.3 is 11.1 Å². The molecule has 1 saturated heterocycles. The van der Waals surface area contributed by atoms with E-state index in [1.54, 1.807) is 6.07 Å². The van der Waals surface area contributed by atoms with Gasteiger partial charge in [0.25, 0.3) is 0 Å². The number of nitrogens with one attached hydrogen (secondary N) is 1. The van der Waals surface area contributed by atoms with Crippen LogP contribution in [0.25, 0.3) is 0 Å². The van der Waals surface area contributed by atoms with Crippen molar-refractivity contribution in [2.75, 3.05) is 13.1 Å². The van der Waals surface area contributed by atoms with Gasteiger partial charge in [0.15, 0.2) is 0 Å². The summed E-state index contributed by atoms with van der Waals surface area (Å²) in [7, 11) is 2.26. The Labute approximate surface area is 125 Å². The van der Waals surface area contributed by atoms with E-state index in [4.69, 9.17) is 11.0 Å². The molecule has 1 heterocycles. The smallest absolute Gasteiger partial charge is 0.105 e. The van der Waals surface area contributed by atoms with E-state index >= 15 is 0 Å². The molecule has 1 aliphatic carbocycles. The highest BCUT2D eigenvalue weighted by molar-refractivity contribution is 6.33. The molecule has 3 unspecified atom stereocenters. The second-order valence-corrected chi connectivity index (χ2v) is 6.38. The third-order valence-electron chi connectivity index (χ3n) is 4.88. The molecule has 0 bridgehead atoms. The second-order valence-electron chi connectivity index (χ2n) is 6.38. The van der Waals surface area contributed by atoms with E-state index in [2.05, 4.69) is 26.0 Å². The van der Waals surface area contributed by atoms with Gasteiger partial charge in [-0.2, -0.15) is 5.26 Å². The molecule has 3 atom stereocenters. The predicted molar refractivity (Wildman–Crippen MR) is 86.7 cm³/mol. The van der Waals surface area contributed by atoms with Gasteiger partial charge >= 0.3 is 0 Å². The Kier molecular flexibility index (Phi) is 6.78. The van der Waals surface area contributed by atoms with E-state index < -0.39 is 0 Å². The Morgan fingerprint density at radius 1 is 1.60 bits per heavy atom. The predicted octanol–water partition coefficient (Wildman–Crippen LogP) is 2.74.